The summed E-state index contributed by atoms with van der Waals surface area (Å²) >= 11 is 0. The molecule has 0 aliphatic rings. The van der Waals surface area contributed by atoms with E-state index >= 15 is 0 Å². The minimum atomic E-state index is -0.640. The Morgan fingerprint density at radius 3 is 2.52 bits per heavy atom. The number of ether oxygens (including phenoxy) is 1. The average molecular weight is 416 g/mol. The number of pyridine rings is 1. The van der Waals surface area contributed by atoms with Gasteiger partial charge >= 0.3 is 5.97 Å². The maximum atomic E-state index is 13.1. The lowest BCUT2D eigenvalue weighted by Gasteiger charge is -2.10. The van der Waals surface area contributed by atoms with Crippen molar-refractivity contribution < 1.29 is 18.7 Å². The molecule has 0 atom stereocenters. The van der Waals surface area contributed by atoms with Gasteiger partial charge in [-0.15, -0.1) is 0 Å². The van der Waals surface area contributed by atoms with Gasteiger partial charge in [0.25, 0.3) is 0 Å². The van der Waals surface area contributed by atoms with E-state index < -0.39 is 5.97 Å². The molecule has 0 aliphatic heterocycles. The predicted molar refractivity (Wildman–Crippen MR) is 116 cm³/mol. The van der Waals surface area contributed by atoms with Gasteiger partial charge in [-0.1, -0.05) is 36.4 Å². The summed E-state index contributed by atoms with van der Waals surface area (Å²) in [5.74, 6) is -1.21. The van der Waals surface area contributed by atoms with Crippen molar-refractivity contribution in [3.05, 3.63) is 101 Å². The van der Waals surface area contributed by atoms with Crippen molar-refractivity contribution in [2.24, 2.45) is 0 Å². The van der Waals surface area contributed by atoms with Gasteiger partial charge in [0.1, 0.15) is 11.5 Å². The molecule has 0 saturated carbocycles. The van der Waals surface area contributed by atoms with Crippen LogP contribution in [-0.2, 0) is 11.3 Å². The summed E-state index contributed by atoms with van der Waals surface area (Å²) in [4.78, 5) is 29.4. The van der Waals surface area contributed by atoms with E-state index in [9.17, 15) is 14.0 Å². The van der Waals surface area contributed by atoms with Crippen molar-refractivity contribution >= 4 is 22.7 Å². The summed E-state index contributed by atoms with van der Waals surface area (Å²) in [5, 5.41) is 0.920. The highest BCUT2D eigenvalue weighted by Crippen LogP contribution is 2.19. The van der Waals surface area contributed by atoms with Crippen molar-refractivity contribution in [1.29, 1.82) is 0 Å². The highest BCUT2D eigenvalue weighted by atomic mass is 19.1. The molecule has 2 heterocycles. The zero-order chi connectivity index (χ0) is 22.0. The van der Waals surface area contributed by atoms with Crippen LogP contribution >= 0.6 is 0 Å². The van der Waals surface area contributed by atoms with E-state index in [-0.39, 0.29) is 23.9 Å². The number of halogens is 1. The molecule has 0 aliphatic carbocycles. The minimum absolute atomic E-state index is 0.160. The first-order valence-electron chi connectivity index (χ1n) is 9.89. The first-order valence-corrected chi connectivity index (χ1v) is 9.89. The standard InChI is InChI=1S/C25H21FN2O3/c1-16-13-21(17(2)28(16)14-18-7-10-20(26)11-8-18)24(29)15-31-25(30)23-12-9-19-5-3-4-6-22(19)27-23/h3-13H,14-15H2,1-2H3. The fraction of sp³-hybridized carbons (Fsp3) is 0.160. The number of Topliss-reactive ketones (excluding diaryl/α,β-unsaturated/α-hetero) is 1. The Balaban J connectivity index is 1.45. The molecular weight excluding hydrogens is 395 g/mol. The first-order chi connectivity index (χ1) is 14.9. The summed E-state index contributed by atoms with van der Waals surface area (Å²) in [6.45, 7) is 3.90. The number of hydrogen-bond donors (Lipinski definition) is 0. The van der Waals surface area contributed by atoms with Crippen molar-refractivity contribution in [3.63, 3.8) is 0 Å². The Morgan fingerprint density at radius 1 is 1.00 bits per heavy atom. The lowest BCUT2D eigenvalue weighted by molar-refractivity contribution is 0.0469. The highest BCUT2D eigenvalue weighted by Gasteiger charge is 2.18. The summed E-state index contributed by atoms with van der Waals surface area (Å²) in [5.41, 5.74) is 3.94. The Morgan fingerprint density at radius 2 is 1.74 bits per heavy atom. The van der Waals surface area contributed by atoms with E-state index in [1.807, 2.05) is 42.7 Å². The maximum absolute atomic E-state index is 13.1. The van der Waals surface area contributed by atoms with Crippen molar-refractivity contribution in [2.75, 3.05) is 6.61 Å². The smallest absolute Gasteiger partial charge is 0.357 e. The maximum Gasteiger partial charge on any atom is 0.357 e. The zero-order valence-electron chi connectivity index (χ0n) is 17.3. The molecule has 0 amide bonds. The zero-order valence-corrected chi connectivity index (χ0v) is 17.3. The molecule has 0 N–H and O–H groups in total. The van der Waals surface area contributed by atoms with Gasteiger partial charge in [0.05, 0.1) is 5.52 Å². The van der Waals surface area contributed by atoms with Crippen LogP contribution in [-0.4, -0.2) is 27.9 Å². The lowest BCUT2D eigenvalue weighted by atomic mass is 10.1. The number of carbonyl (C=O) groups excluding carboxylic acids is 2. The second kappa shape index (κ2) is 8.52. The van der Waals surface area contributed by atoms with Crippen LogP contribution in [0.15, 0.2) is 66.7 Å². The number of benzene rings is 2. The number of hydrogen-bond acceptors (Lipinski definition) is 4. The summed E-state index contributed by atoms with van der Waals surface area (Å²) in [6, 6.07) is 18.9. The highest BCUT2D eigenvalue weighted by molar-refractivity contribution is 6.00. The molecule has 2 aromatic carbocycles. The molecule has 0 spiro atoms. The first kappa shape index (κ1) is 20.5. The van der Waals surface area contributed by atoms with Crippen LogP contribution in [0.1, 0.15) is 37.8 Å². The van der Waals surface area contributed by atoms with Crippen LogP contribution in [0.2, 0.25) is 0 Å². The Hall–Kier alpha value is -3.80. The van der Waals surface area contributed by atoms with Gasteiger partial charge in [-0.05, 0) is 49.7 Å². The van der Waals surface area contributed by atoms with Gasteiger partial charge in [0, 0.05) is 28.9 Å². The monoisotopic (exact) mass is 416 g/mol. The second-order valence-electron chi connectivity index (χ2n) is 7.39. The summed E-state index contributed by atoms with van der Waals surface area (Å²) in [6.07, 6.45) is 0. The van der Waals surface area contributed by atoms with E-state index in [0.29, 0.717) is 17.6 Å². The van der Waals surface area contributed by atoms with Crippen molar-refractivity contribution in [2.45, 2.75) is 20.4 Å². The van der Waals surface area contributed by atoms with Gasteiger partial charge < -0.3 is 9.30 Å². The van der Waals surface area contributed by atoms with Crippen molar-refractivity contribution in [1.82, 2.24) is 9.55 Å². The number of para-hydroxylation sites is 1. The molecular formula is C25H21FN2O3. The van der Waals surface area contributed by atoms with Gasteiger partial charge in [-0.25, -0.2) is 14.2 Å². The number of carbonyl (C=O) groups is 2. The van der Waals surface area contributed by atoms with Gasteiger partial charge in [0.2, 0.25) is 5.78 Å². The number of esters is 1. The predicted octanol–water partition coefficient (Wildman–Crippen LogP) is 4.88. The molecule has 156 valence electrons. The largest absolute Gasteiger partial charge is 0.453 e. The third-order valence-corrected chi connectivity index (χ3v) is 5.27. The number of aromatic nitrogens is 2. The van der Waals surface area contributed by atoms with E-state index in [1.165, 1.54) is 12.1 Å². The van der Waals surface area contributed by atoms with Crippen LogP contribution < -0.4 is 0 Å². The lowest BCUT2D eigenvalue weighted by Crippen LogP contribution is -2.16. The SMILES string of the molecule is Cc1cc(C(=O)COC(=O)c2ccc3ccccc3n2)c(C)n1Cc1ccc(F)cc1. The molecule has 31 heavy (non-hydrogen) atoms. The second-order valence-corrected chi connectivity index (χ2v) is 7.39. The number of fused-ring (bicyclic) bond motifs is 1. The fourth-order valence-electron chi connectivity index (χ4n) is 3.56. The molecule has 5 nitrogen and oxygen atoms in total. The molecule has 0 bridgehead atoms. The normalized spacial score (nSPS) is 10.9. The molecule has 4 rings (SSSR count). The van der Waals surface area contributed by atoms with Gasteiger partial charge in [-0.2, -0.15) is 0 Å². The molecule has 4 aromatic rings. The van der Waals surface area contributed by atoms with Crippen LogP contribution in [0, 0.1) is 19.7 Å². The van der Waals surface area contributed by atoms with Gasteiger partial charge in [0.15, 0.2) is 6.61 Å². The average Bonchev–Trinajstić information content (AvgIpc) is 3.06. The molecule has 6 heteroatoms. The summed E-state index contributed by atoms with van der Waals surface area (Å²) < 4.78 is 20.4. The molecule has 0 unspecified atom stereocenters. The van der Waals surface area contributed by atoms with E-state index in [2.05, 4.69) is 4.98 Å². The summed E-state index contributed by atoms with van der Waals surface area (Å²) in [7, 11) is 0. The minimum Gasteiger partial charge on any atom is -0.453 e. The third kappa shape index (κ3) is 4.38. The van der Waals surface area contributed by atoms with Crippen LogP contribution in [0.3, 0.4) is 0 Å². The Kier molecular flexibility index (Phi) is 5.62. The van der Waals surface area contributed by atoms with Crippen LogP contribution in [0.4, 0.5) is 4.39 Å². The molecule has 0 radical (unpaired) electrons. The van der Waals surface area contributed by atoms with E-state index in [0.717, 1.165) is 22.3 Å². The topological polar surface area (TPSA) is 61.2 Å². The Labute approximate surface area is 179 Å². The number of rotatable bonds is 6. The van der Waals surface area contributed by atoms with E-state index in [4.69, 9.17) is 4.74 Å². The van der Waals surface area contributed by atoms with Gasteiger partial charge in [-0.3, -0.25) is 4.79 Å². The fourth-order valence-corrected chi connectivity index (χ4v) is 3.56. The Bertz CT molecular complexity index is 1280. The molecule has 0 saturated heterocycles. The number of aryl methyl sites for hydroxylation is 1. The molecule has 0 fully saturated rings. The number of ketones is 1. The quantitative estimate of drug-likeness (QED) is 0.332. The van der Waals surface area contributed by atoms with Crippen LogP contribution in [0.25, 0.3) is 10.9 Å². The molecule has 2 aromatic heterocycles. The van der Waals surface area contributed by atoms with Crippen LogP contribution in [0.5, 0.6) is 0 Å². The number of nitrogens with zero attached hydrogens (tertiary/aromatic N) is 2. The van der Waals surface area contributed by atoms with Crippen molar-refractivity contribution in [3.8, 4) is 0 Å². The third-order valence-electron chi connectivity index (χ3n) is 5.27. The van der Waals surface area contributed by atoms with E-state index in [1.54, 1.807) is 30.3 Å².